The van der Waals surface area contributed by atoms with E-state index in [2.05, 4.69) is 16.5 Å². The summed E-state index contributed by atoms with van der Waals surface area (Å²) in [7, 11) is 0. The Hall–Kier alpha value is -1.42. The smallest absolute Gasteiger partial charge is 0.274 e. The Kier molecular flexibility index (Phi) is 5.34. The van der Waals surface area contributed by atoms with Gasteiger partial charge in [0.15, 0.2) is 5.69 Å². The molecule has 0 bridgehead atoms. The van der Waals surface area contributed by atoms with Crippen LogP contribution in [0, 0.1) is 0 Å². The van der Waals surface area contributed by atoms with Crippen molar-refractivity contribution in [1.82, 2.24) is 14.9 Å². The second-order valence-electron chi connectivity index (χ2n) is 5.76. The number of halogens is 1. The first-order valence-electron chi connectivity index (χ1n) is 7.49. The molecule has 0 spiro atoms. The molecule has 114 valence electrons. The van der Waals surface area contributed by atoms with Crippen molar-refractivity contribution >= 4 is 17.5 Å². The average molecular weight is 308 g/mol. The number of hydrogen-bond acceptors (Lipinski definition) is 3. The van der Waals surface area contributed by atoms with Crippen molar-refractivity contribution in [2.24, 2.45) is 0 Å². The first kappa shape index (κ1) is 16.0. The molecule has 4 nitrogen and oxygen atoms in total. The molecule has 0 aromatic carbocycles. The highest BCUT2D eigenvalue weighted by Gasteiger charge is 2.29. The molecule has 1 saturated carbocycles. The van der Waals surface area contributed by atoms with Crippen molar-refractivity contribution in [2.45, 2.75) is 51.5 Å². The van der Waals surface area contributed by atoms with Crippen LogP contribution in [0.4, 0.5) is 0 Å². The van der Waals surface area contributed by atoms with Crippen molar-refractivity contribution in [2.75, 3.05) is 6.54 Å². The molecule has 0 N–H and O–H groups in total. The lowest BCUT2D eigenvalue weighted by molar-refractivity contribution is 0.0700. The fourth-order valence-corrected chi connectivity index (χ4v) is 2.87. The number of hydrogen-bond donors (Lipinski definition) is 0. The van der Waals surface area contributed by atoms with Crippen LogP contribution in [-0.4, -0.2) is 33.4 Å². The lowest BCUT2D eigenvalue weighted by atomic mass is 10.1. The Bertz CT molecular complexity index is 524. The monoisotopic (exact) mass is 307 g/mol. The third-order valence-electron chi connectivity index (χ3n) is 3.83. The second-order valence-corrected chi connectivity index (χ2v) is 6.17. The van der Waals surface area contributed by atoms with Gasteiger partial charge in [0, 0.05) is 18.5 Å². The van der Waals surface area contributed by atoms with Crippen molar-refractivity contribution in [3.8, 4) is 0 Å². The van der Waals surface area contributed by atoms with Gasteiger partial charge in [0.1, 0.15) is 5.82 Å². The largest absolute Gasteiger partial charge is 0.331 e. The summed E-state index contributed by atoms with van der Waals surface area (Å²) in [6.07, 6.45) is 7.70. The Morgan fingerprint density at radius 1 is 1.52 bits per heavy atom. The lowest BCUT2D eigenvalue weighted by Crippen LogP contribution is -2.39. The van der Waals surface area contributed by atoms with E-state index < -0.39 is 0 Å². The van der Waals surface area contributed by atoms with E-state index in [1.807, 2.05) is 18.7 Å². The minimum atomic E-state index is -0.115. The molecule has 1 aromatic heterocycles. The molecule has 1 fully saturated rings. The van der Waals surface area contributed by atoms with Crippen molar-refractivity contribution in [1.29, 1.82) is 0 Å². The minimum absolute atomic E-state index is 0.115. The van der Waals surface area contributed by atoms with Crippen molar-refractivity contribution in [3.63, 3.8) is 0 Å². The number of nitrogens with zero attached hydrogens (tertiary/aromatic N) is 3. The number of rotatable bonds is 5. The molecule has 5 heteroatoms. The molecule has 0 unspecified atom stereocenters. The van der Waals surface area contributed by atoms with Gasteiger partial charge in [0.2, 0.25) is 0 Å². The van der Waals surface area contributed by atoms with Crippen LogP contribution in [-0.2, 0) is 0 Å². The van der Waals surface area contributed by atoms with E-state index >= 15 is 0 Å². The Morgan fingerprint density at radius 3 is 2.76 bits per heavy atom. The summed E-state index contributed by atoms with van der Waals surface area (Å²) in [5.74, 6) is 0.692. The van der Waals surface area contributed by atoms with E-state index in [9.17, 15) is 4.79 Å². The Balaban J connectivity index is 2.31. The normalized spacial score (nSPS) is 15.4. The van der Waals surface area contributed by atoms with Crippen LogP contribution in [0.2, 0.25) is 5.02 Å². The highest BCUT2D eigenvalue weighted by atomic mass is 35.5. The molecule has 0 saturated heterocycles. The highest BCUT2D eigenvalue weighted by molar-refractivity contribution is 6.33. The van der Waals surface area contributed by atoms with Crippen LogP contribution in [0.1, 0.15) is 61.8 Å². The number of amides is 1. The van der Waals surface area contributed by atoms with Crippen LogP contribution in [0.5, 0.6) is 0 Å². The van der Waals surface area contributed by atoms with Gasteiger partial charge >= 0.3 is 0 Å². The van der Waals surface area contributed by atoms with Gasteiger partial charge in [-0.25, -0.2) is 9.97 Å². The van der Waals surface area contributed by atoms with Gasteiger partial charge in [-0.05, 0) is 12.8 Å². The second kappa shape index (κ2) is 7.03. The topological polar surface area (TPSA) is 46.1 Å². The molecular weight excluding hydrogens is 286 g/mol. The van der Waals surface area contributed by atoms with Gasteiger partial charge in [0.25, 0.3) is 5.91 Å². The van der Waals surface area contributed by atoms with Crippen LogP contribution < -0.4 is 0 Å². The zero-order valence-electron chi connectivity index (χ0n) is 12.7. The molecule has 0 aliphatic heterocycles. The predicted octanol–water partition coefficient (Wildman–Crippen LogP) is 3.82. The zero-order chi connectivity index (χ0) is 15.4. The van der Waals surface area contributed by atoms with Gasteiger partial charge in [-0.3, -0.25) is 4.79 Å². The summed E-state index contributed by atoms with van der Waals surface area (Å²) in [4.78, 5) is 23.2. The van der Waals surface area contributed by atoms with Crippen molar-refractivity contribution in [3.05, 3.63) is 35.4 Å². The maximum atomic E-state index is 12.8. The number of carbonyl (C=O) groups is 1. The molecular formula is C16H22ClN3O. The summed E-state index contributed by atoms with van der Waals surface area (Å²) in [5.41, 5.74) is 0.309. The summed E-state index contributed by atoms with van der Waals surface area (Å²) in [5, 5.41) is 0.316. The molecule has 1 amide bonds. The first-order valence-corrected chi connectivity index (χ1v) is 7.86. The summed E-state index contributed by atoms with van der Waals surface area (Å²) in [6.45, 7) is 8.28. The molecule has 2 rings (SSSR count). The van der Waals surface area contributed by atoms with Crippen molar-refractivity contribution < 1.29 is 4.79 Å². The Morgan fingerprint density at radius 2 is 2.19 bits per heavy atom. The molecule has 1 aromatic rings. The van der Waals surface area contributed by atoms with E-state index in [1.54, 1.807) is 6.08 Å². The average Bonchev–Trinajstić information content (AvgIpc) is 2.98. The molecule has 1 aliphatic rings. The quantitative estimate of drug-likeness (QED) is 0.777. The Labute approximate surface area is 131 Å². The fraction of sp³-hybridized carbons (Fsp3) is 0.562. The van der Waals surface area contributed by atoms with E-state index in [-0.39, 0.29) is 17.9 Å². The zero-order valence-corrected chi connectivity index (χ0v) is 13.4. The van der Waals surface area contributed by atoms with Gasteiger partial charge in [-0.2, -0.15) is 0 Å². The van der Waals surface area contributed by atoms with Gasteiger partial charge in [0.05, 0.1) is 11.2 Å². The van der Waals surface area contributed by atoms with Crippen LogP contribution in [0.25, 0.3) is 0 Å². The van der Waals surface area contributed by atoms with E-state index in [4.69, 9.17) is 11.6 Å². The van der Waals surface area contributed by atoms with Gasteiger partial charge in [-0.15, -0.1) is 6.58 Å². The molecule has 0 radical (unpaired) electrons. The molecule has 21 heavy (non-hydrogen) atoms. The SMILES string of the molecule is C=CCN(C(=O)c1nc(C(C)C)ncc1Cl)C1CCCC1. The predicted molar refractivity (Wildman–Crippen MR) is 84.6 cm³/mol. The molecule has 0 atom stereocenters. The standard InChI is InChI=1S/C16H22ClN3O/c1-4-9-20(12-7-5-6-8-12)16(21)14-13(17)10-18-15(19-14)11(2)3/h4,10-12H,1,5-9H2,2-3H3. The molecule has 1 heterocycles. The van der Waals surface area contributed by atoms with E-state index in [0.717, 1.165) is 12.8 Å². The number of aromatic nitrogens is 2. The minimum Gasteiger partial charge on any atom is -0.331 e. The summed E-state index contributed by atoms with van der Waals surface area (Å²) >= 11 is 6.15. The van der Waals surface area contributed by atoms with Crippen LogP contribution in [0.3, 0.4) is 0 Å². The fourth-order valence-electron chi connectivity index (χ4n) is 2.70. The molecule has 1 aliphatic carbocycles. The lowest BCUT2D eigenvalue weighted by Gasteiger charge is -2.28. The number of carbonyl (C=O) groups excluding carboxylic acids is 1. The summed E-state index contributed by atoms with van der Waals surface area (Å²) < 4.78 is 0. The van der Waals surface area contributed by atoms with Crippen LogP contribution in [0.15, 0.2) is 18.9 Å². The van der Waals surface area contributed by atoms with Crippen LogP contribution >= 0.6 is 11.6 Å². The third-order valence-corrected chi connectivity index (χ3v) is 4.11. The maximum absolute atomic E-state index is 12.8. The van der Waals surface area contributed by atoms with E-state index in [1.165, 1.54) is 19.0 Å². The van der Waals surface area contributed by atoms with Gasteiger partial charge < -0.3 is 4.90 Å². The first-order chi connectivity index (χ1) is 10.0. The van der Waals surface area contributed by atoms with E-state index in [0.29, 0.717) is 23.1 Å². The highest BCUT2D eigenvalue weighted by Crippen LogP contribution is 2.26. The summed E-state index contributed by atoms with van der Waals surface area (Å²) in [6, 6.07) is 0.268. The van der Waals surface area contributed by atoms with Gasteiger partial charge in [-0.1, -0.05) is 44.4 Å². The maximum Gasteiger partial charge on any atom is 0.274 e. The third kappa shape index (κ3) is 3.62.